The molecule has 16 heavy (non-hydrogen) atoms. The Labute approximate surface area is 92.3 Å². The van der Waals surface area contributed by atoms with Gasteiger partial charge in [0, 0.05) is 6.42 Å². The van der Waals surface area contributed by atoms with Crippen LogP contribution in [0.1, 0.15) is 18.4 Å². The van der Waals surface area contributed by atoms with Crippen LogP contribution in [-0.4, -0.2) is 9.97 Å². The number of anilines is 1. The first-order chi connectivity index (χ1) is 7.61. The molecule has 2 aromatic rings. The number of furan rings is 1. The van der Waals surface area contributed by atoms with Crippen LogP contribution in [0, 0.1) is 12.7 Å². The standard InChI is InChI=1S/C11H12FN3O/c1-3-7-4-5-8(16-7)11-14-6(2)9(12)10(13)15-11/h4-5H,3H2,1-2H3,(H2,13,14,15). The van der Waals surface area contributed by atoms with E-state index < -0.39 is 5.82 Å². The summed E-state index contributed by atoms with van der Waals surface area (Å²) in [5.74, 6) is 0.921. The summed E-state index contributed by atoms with van der Waals surface area (Å²) in [6.07, 6.45) is 0.787. The zero-order valence-electron chi connectivity index (χ0n) is 9.12. The molecule has 2 aromatic heterocycles. The number of hydrogen-bond donors (Lipinski definition) is 1. The molecule has 2 heterocycles. The molecule has 2 N–H and O–H groups in total. The monoisotopic (exact) mass is 221 g/mol. The number of nitrogen functional groups attached to an aromatic ring is 1. The molecule has 0 spiro atoms. The van der Waals surface area contributed by atoms with Crippen LogP contribution in [0.2, 0.25) is 0 Å². The van der Waals surface area contributed by atoms with Gasteiger partial charge in [-0.2, -0.15) is 0 Å². The second kappa shape index (κ2) is 3.92. The molecule has 0 fully saturated rings. The summed E-state index contributed by atoms with van der Waals surface area (Å²) in [7, 11) is 0. The molecule has 0 saturated heterocycles. The zero-order valence-corrected chi connectivity index (χ0v) is 9.12. The lowest BCUT2D eigenvalue weighted by molar-refractivity contribution is 0.524. The molecule has 0 bridgehead atoms. The lowest BCUT2D eigenvalue weighted by Gasteiger charge is -2.02. The Balaban J connectivity index is 2.48. The topological polar surface area (TPSA) is 64.9 Å². The van der Waals surface area contributed by atoms with E-state index in [-0.39, 0.29) is 11.5 Å². The highest BCUT2D eigenvalue weighted by Crippen LogP contribution is 2.21. The fourth-order valence-electron chi connectivity index (χ4n) is 1.38. The second-order valence-corrected chi connectivity index (χ2v) is 3.45. The van der Waals surface area contributed by atoms with Gasteiger partial charge in [0.2, 0.25) is 0 Å². The molecule has 0 aliphatic carbocycles. The number of rotatable bonds is 2. The molecule has 0 radical (unpaired) electrons. The summed E-state index contributed by atoms with van der Waals surface area (Å²) in [5, 5.41) is 0. The first-order valence-electron chi connectivity index (χ1n) is 5.00. The van der Waals surface area contributed by atoms with E-state index in [4.69, 9.17) is 10.2 Å². The lowest BCUT2D eigenvalue weighted by Crippen LogP contribution is -2.02. The van der Waals surface area contributed by atoms with Gasteiger partial charge in [0.15, 0.2) is 23.2 Å². The molecule has 0 aromatic carbocycles. The van der Waals surface area contributed by atoms with Crippen molar-refractivity contribution in [2.45, 2.75) is 20.3 Å². The van der Waals surface area contributed by atoms with Gasteiger partial charge in [-0.25, -0.2) is 14.4 Å². The number of nitrogens with zero attached hydrogens (tertiary/aromatic N) is 2. The molecule has 0 saturated carbocycles. The van der Waals surface area contributed by atoms with Gasteiger partial charge in [0.05, 0.1) is 5.69 Å². The molecule has 0 aliphatic rings. The van der Waals surface area contributed by atoms with Crippen LogP contribution < -0.4 is 5.73 Å². The third-order valence-electron chi connectivity index (χ3n) is 2.27. The van der Waals surface area contributed by atoms with Crippen LogP contribution in [0.15, 0.2) is 16.5 Å². The molecule has 4 nitrogen and oxygen atoms in total. The molecule has 0 aliphatic heterocycles. The highest BCUT2D eigenvalue weighted by Gasteiger charge is 2.12. The summed E-state index contributed by atoms with van der Waals surface area (Å²) in [6.45, 7) is 3.52. The van der Waals surface area contributed by atoms with Gasteiger partial charge in [-0.15, -0.1) is 0 Å². The van der Waals surface area contributed by atoms with Crippen molar-refractivity contribution >= 4 is 5.82 Å². The van der Waals surface area contributed by atoms with E-state index in [1.165, 1.54) is 0 Å². The van der Waals surface area contributed by atoms with Gasteiger partial charge >= 0.3 is 0 Å². The fraction of sp³-hybridized carbons (Fsp3) is 0.273. The van der Waals surface area contributed by atoms with E-state index in [1.807, 2.05) is 13.0 Å². The third kappa shape index (κ3) is 1.76. The predicted molar refractivity (Wildman–Crippen MR) is 58.2 cm³/mol. The Hall–Kier alpha value is -1.91. The first-order valence-corrected chi connectivity index (χ1v) is 5.00. The Kier molecular flexibility index (Phi) is 2.60. The highest BCUT2D eigenvalue weighted by atomic mass is 19.1. The molecule has 0 unspecified atom stereocenters. The maximum absolute atomic E-state index is 13.2. The van der Waals surface area contributed by atoms with Crippen molar-refractivity contribution in [2.75, 3.05) is 5.73 Å². The summed E-state index contributed by atoms with van der Waals surface area (Å²) >= 11 is 0. The van der Waals surface area contributed by atoms with Gasteiger partial charge in [-0.1, -0.05) is 6.92 Å². The SMILES string of the molecule is CCc1ccc(-c2nc(C)c(F)c(N)n2)o1. The molecule has 84 valence electrons. The van der Waals surface area contributed by atoms with Crippen LogP contribution in [0.4, 0.5) is 10.2 Å². The predicted octanol–water partition coefficient (Wildman–Crippen LogP) is 2.33. The van der Waals surface area contributed by atoms with Crippen molar-refractivity contribution < 1.29 is 8.81 Å². The minimum absolute atomic E-state index is 0.156. The van der Waals surface area contributed by atoms with Crippen LogP contribution in [0.5, 0.6) is 0 Å². The Bertz CT molecular complexity index is 499. The third-order valence-corrected chi connectivity index (χ3v) is 2.27. The number of aromatic nitrogens is 2. The fourth-order valence-corrected chi connectivity index (χ4v) is 1.38. The molecule has 0 atom stereocenters. The summed E-state index contributed by atoms with van der Waals surface area (Å²) in [5.41, 5.74) is 5.65. The quantitative estimate of drug-likeness (QED) is 0.845. The molecular weight excluding hydrogens is 209 g/mol. The molecule has 0 amide bonds. The Morgan fingerprint density at radius 1 is 1.38 bits per heavy atom. The summed E-state index contributed by atoms with van der Waals surface area (Å²) in [4.78, 5) is 7.84. The average molecular weight is 221 g/mol. The van der Waals surface area contributed by atoms with Gasteiger partial charge in [0.25, 0.3) is 0 Å². The van der Waals surface area contributed by atoms with E-state index in [1.54, 1.807) is 13.0 Å². The van der Waals surface area contributed by atoms with E-state index in [0.29, 0.717) is 11.6 Å². The summed E-state index contributed by atoms with van der Waals surface area (Å²) in [6, 6.07) is 3.60. The van der Waals surface area contributed by atoms with Crippen molar-refractivity contribution in [1.29, 1.82) is 0 Å². The number of aryl methyl sites for hydroxylation is 2. The Morgan fingerprint density at radius 3 is 2.69 bits per heavy atom. The van der Waals surface area contributed by atoms with Gasteiger partial charge in [-0.05, 0) is 19.1 Å². The molecular formula is C11H12FN3O. The van der Waals surface area contributed by atoms with Gasteiger partial charge in [0.1, 0.15) is 5.76 Å². The van der Waals surface area contributed by atoms with Gasteiger partial charge in [-0.3, -0.25) is 0 Å². The molecule has 5 heteroatoms. The number of nitrogens with two attached hydrogens (primary N) is 1. The van der Waals surface area contributed by atoms with Crippen molar-refractivity contribution in [3.8, 4) is 11.6 Å². The first kappa shape index (κ1) is 10.6. The molecule has 2 rings (SSSR count). The van der Waals surface area contributed by atoms with Crippen molar-refractivity contribution in [1.82, 2.24) is 9.97 Å². The highest BCUT2D eigenvalue weighted by molar-refractivity contribution is 5.51. The largest absolute Gasteiger partial charge is 0.458 e. The number of halogens is 1. The van der Waals surface area contributed by atoms with Crippen molar-refractivity contribution in [3.63, 3.8) is 0 Å². The van der Waals surface area contributed by atoms with Crippen LogP contribution in [0.25, 0.3) is 11.6 Å². The normalized spacial score (nSPS) is 10.7. The summed E-state index contributed by atoms with van der Waals surface area (Å²) < 4.78 is 18.7. The van der Waals surface area contributed by atoms with Crippen LogP contribution >= 0.6 is 0 Å². The van der Waals surface area contributed by atoms with Crippen molar-refractivity contribution in [3.05, 3.63) is 29.4 Å². The average Bonchev–Trinajstić information content (AvgIpc) is 2.73. The van der Waals surface area contributed by atoms with E-state index in [0.717, 1.165) is 12.2 Å². The lowest BCUT2D eigenvalue weighted by atomic mass is 10.3. The zero-order chi connectivity index (χ0) is 11.7. The maximum atomic E-state index is 13.2. The minimum atomic E-state index is -0.578. The minimum Gasteiger partial charge on any atom is -0.458 e. The van der Waals surface area contributed by atoms with Crippen molar-refractivity contribution in [2.24, 2.45) is 0 Å². The number of hydrogen-bond acceptors (Lipinski definition) is 4. The van der Waals surface area contributed by atoms with E-state index in [2.05, 4.69) is 9.97 Å². The second-order valence-electron chi connectivity index (χ2n) is 3.45. The van der Waals surface area contributed by atoms with E-state index >= 15 is 0 Å². The smallest absolute Gasteiger partial charge is 0.198 e. The van der Waals surface area contributed by atoms with E-state index in [9.17, 15) is 4.39 Å². The Morgan fingerprint density at radius 2 is 2.12 bits per heavy atom. The maximum Gasteiger partial charge on any atom is 0.198 e. The van der Waals surface area contributed by atoms with Crippen LogP contribution in [-0.2, 0) is 6.42 Å². The van der Waals surface area contributed by atoms with Gasteiger partial charge < -0.3 is 10.2 Å². The van der Waals surface area contributed by atoms with Crippen LogP contribution in [0.3, 0.4) is 0 Å².